The van der Waals surface area contributed by atoms with Crippen LogP contribution in [-0.2, 0) is 13.6 Å². The van der Waals surface area contributed by atoms with Crippen LogP contribution in [0.4, 0.5) is 5.82 Å². The topological polar surface area (TPSA) is 67.8 Å². The van der Waals surface area contributed by atoms with Crippen molar-refractivity contribution in [3.8, 4) is 0 Å². The molecule has 1 aliphatic heterocycles. The third kappa shape index (κ3) is 5.67. The lowest BCUT2D eigenvalue weighted by molar-refractivity contribution is 0.209. The fourth-order valence-corrected chi connectivity index (χ4v) is 4.57. The predicted octanol–water partition coefficient (Wildman–Crippen LogP) is 2.83. The first-order valence-electron chi connectivity index (χ1n) is 8.32. The summed E-state index contributed by atoms with van der Waals surface area (Å²) in [6.07, 6.45) is 0.424. The molecule has 0 aromatic carbocycles. The zero-order chi connectivity index (χ0) is 17.6. The van der Waals surface area contributed by atoms with Gasteiger partial charge >= 0.3 is 7.60 Å². The highest BCUT2D eigenvalue weighted by molar-refractivity contribution is 7.53. The Kier molecular flexibility index (Phi) is 7.44. The van der Waals surface area contributed by atoms with Gasteiger partial charge in [0, 0.05) is 38.8 Å². The standard InChI is InChI=1S/C15H26ClN4O3P/c1-4-22-24(21,23-5-2)11-10-19-6-8-20(9-7-19)15-12-14(16)17-13(3)18-15/h12H,4-11H2,1-3H3. The van der Waals surface area contributed by atoms with Crippen LogP contribution in [0.5, 0.6) is 0 Å². The van der Waals surface area contributed by atoms with Gasteiger partial charge in [0.15, 0.2) is 0 Å². The number of halogens is 1. The Morgan fingerprint density at radius 1 is 1.17 bits per heavy atom. The first-order chi connectivity index (χ1) is 11.5. The van der Waals surface area contributed by atoms with Gasteiger partial charge in [-0.15, -0.1) is 0 Å². The Labute approximate surface area is 148 Å². The summed E-state index contributed by atoms with van der Waals surface area (Å²) in [6.45, 7) is 10.5. The van der Waals surface area contributed by atoms with Gasteiger partial charge in [-0.1, -0.05) is 11.6 Å². The van der Waals surface area contributed by atoms with Gasteiger partial charge < -0.3 is 13.9 Å². The number of hydrogen-bond donors (Lipinski definition) is 0. The van der Waals surface area contributed by atoms with E-state index in [9.17, 15) is 4.57 Å². The number of piperazine rings is 1. The SMILES string of the molecule is CCOP(=O)(CCN1CCN(c2cc(Cl)nc(C)n2)CC1)OCC. The molecule has 0 bridgehead atoms. The van der Waals surface area contributed by atoms with E-state index in [4.69, 9.17) is 20.6 Å². The zero-order valence-corrected chi connectivity index (χ0v) is 16.2. The van der Waals surface area contributed by atoms with Crippen LogP contribution in [0, 0.1) is 6.92 Å². The van der Waals surface area contributed by atoms with Crippen molar-refractivity contribution < 1.29 is 13.6 Å². The van der Waals surface area contributed by atoms with Gasteiger partial charge in [-0.3, -0.25) is 9.46 Å². The van der Waals surface area contributed by atoms with E-state index < -0.39 is 7.60 Å². The lowest BCUT2D eigenvalue weighted by Crippen LogP contribution is -2.47. The average Bonchev–Trinajstić information content (AvgIpc) is 2.53. The molecule has 0 aliphatic carbocycles. The second kappa shape index (κ2) is 9.11. The van der Waals surface area contributed by atoms with Crippen molar-refractivity contribution in [2.24, 2.45) is 0 Å². The number of hydrogen-bond acceptors (Lipinski definition) is 7. The summed E-state index contributed by atoms with van der Waals surface area (Å²) in [5.74, 6) is 1.54. The van der Waals surface area contributed by atoms with Crippen molar-refractivity contribution in [1.29, 1.82) is 0 Å². The monoisotopic (exact) mass is 376 g/mol. The molecule has 2 heterocycles. The molecule has 24 heavy (non-hydrogen) atoms. The Balaban J connectivity index is 1.85. The first-order valence-corrected chi connectivity index (χ1v) is 10.4. The molecular weight excluding hydrogens is 351 g/mol. The zero-order valence-electron chi connectivity index (χ0n) is 14.6. The van der Waals surface area contributed by atoms with E-state index >= 15 is 0 Å². The maximum absolute atomic E-state index is 12.5. The molecule has 0 unspecified atom stereocenters. The summed E-state index contributed by atoms with van der Waals surface area (Å²) in [7, 11) is -2.97. The number of aromatic nitrogens is 2. The second-order valence-corrected chi connectivity index (χ2v) is 8.17. The van der Waals surface area contributed by atoms with E-state index in [2.05, 4.69) is 19.8 Å². The smallest absolute Gasteiger partial charge is 0.331 e. The number of nitrogens with zero attached hydrogens (tertiary/aromatic N) is 4. The lowest BCUT2D eigenvalue weighted by Gasteiger charge is -2.35. The summed E-state index contributed by atoms with van der Waals surface area (Å²) >= 11 is 6.01. The second-order valence-electron chi connectivity index (χ2n) is 5.59. The Hall–Kier alpha value is -0.720. The summed E-state index contributed by atoms with van der Waals surface area (Å²) in [6, 6.07) is 1.79. The van der Waals surface area contributed by atoms with Gasteiger partial charge in [0.25, 0.3) is 0 Å². The molecule has 7 nitrogen and oxygen atoms in total. The summed E-state index contributed by atoms with van der Waals surface area (Å²) in [4.78, 5) is 13.0. The van der Waals surface area contributed by atoms with Crippen molar-refractivity contribution in [3.63, 3.8) is 0 Å². The van der Waals surface area contributed by atoms with Crippen LogP contribution in [0.25, 0.3) is 0 Å². The Bertz CT molecular complexity index is 552. The molecule has 0 N–H and O–H groups in total. The predicted molar refractivity (Wildman–Crippen MR) is 96.2 cm³/mol. The van der Waals surface area contributed by atoms with E-state index in [-0.39, 0.29) is 0 Å². The molecule has 1 aliphatic rings. The Morgan fingerprint density at radius 2 is 1.79 bits per heavy atom. The fourth-order valence-electron chi connectivity index (χ4n) is 2.70. The van der Waals surface area contributed by atoms with Crippen molar-refractivity contribution in [1.82, 2.24) is 14.9 Å². The minimum absolute atomic E-state index is 0.402. The highest BCUT2D eigenvalue weighted by atomic mass is 35.5. The lowest BCUT2D eigenvalue weighted by atomic mass is 10.3. The van der Waals surface area contributed by atoms with E-state index in [0.29, 0.717) is 36.9 Å². The average molecular weight is 377 g/mol. The molecule has 1 fully saturated rings. The number of aryl methyl sites for hydroxylation is 1. The molecule has 0 saturated carbocycles. The maximum Gasteiger partial charge on any atom is 0.331 e. The maximum atomic E-state index is 12.5. The molecule has 1 aromatic rings. The quantitative estimate of drug-likeness (QED) is 0.510. The van der Waals surface area contributed by atoms with Crippen LogP contribution in [0.2, 0.25) is 5.15 Å². The van der Waals surface area contributed by atoms with Gasteiger partial charge in [-0.05, 0) is 20.8 Å². The number of anilines is 1. The molecule has 0 amide bonds. The first kappa shape index (κ1) is 19.6. The third-order valence-electron chi connectivity index (χ3n) is 3.83. The van der Waals surface area contributed by atoms with E-state index in [1.165, 1.54) is 0 Å². The normalized spacial score (nSPS) is 16.6. The summed E-state index contributed by atoms with van der Waals surface area (Å²) in [5, 5.41) is 0.467. The molecule has 136 valence electrons. The van der Waals surface area contributed by atoms with Gasteiger partial charge in [0.1, 0.15) is 16.8 Å². The van der Waals surface area contributed by atoms with E-state index in [1.807, 2.05) is 20.8 Å². The van der Waals surface area contributed by atoms with Crippen molar-refractivity contribution in [2.75, 3.05) is 57.0 Å². The van der Waals surface area contributed by atoms with Gasteiger partial charge in [-0.25, -0.2) is 9.97 Å². The molecule has 0 spiro atoms. The van der Waals surface area contributed by atoms with Crippen molar-refractivity contribution in [3.05, 3.63) is 17.0 Å². The van der Waals surface area contributed by atoms with E-state index in [1.54, 1.807) is 6.07 Å². The molecule has 2 rings (SSSR count). The molecule has 9 heteroatoms. The molecular formula is C15H26ClN4O3P. The molecule has 0 radical (unpaired) electrons. The third-order valence-corrected chi connectivity index (χ3v) is 6.08. The molecule has 1 saturated heterocycles. The van der Waals surface area contributed by atoms with Crippen LogP contribution < -0.4 is 4.90 Å². The van der Waals surface area contributed by atoms with Crippen LogP contribution in [0.3, 0.4) is 0 Å². The molecule has 0 atom stereocenters. The summed E-state index contributed by atoms with van der Waals surface area (Å²) in [5.41, 5.74) is 0. The minimum atomic E-state index is -2.97. The molecule has 1 aromatic heterocycles. The fraction of sp³-hybridized carbons (Fsp3) is 0.733. The van der Waals surface area contributed by atoms with Crippen LogP contribution in [0.1, 0.15) is 19.7 Å². The minimum Gasteiger partial charge on any atom is -0.354 e. The summed E-state index contributed by atoms with van der Waals surface area (Å²) < 4.78 is 23.2. The Morgan fingerprint density at radius 3 is 2.33 bits per heavy atom. The van der Waals surface area contributed by atoms with Gasteiger partial charge in [0.2, 0.25) is 0 Å². The van der Waals surface area contributed by atoms with Gasteiger partial charge in [0.05, 0.1) is 19.4 Å². The van der Waals surface area contributed by atoms with Crippen molar-refractivity contribution in [2.45, 2.75) is 20.8 Å². The highest BCUT2D eigenvalue weighted by Crippen LogP contribution is 2.47. The van der Waals surface area contributed by atoms with Crippen LogP contribution >= 0.6 is 19.2 Å². The highest BCUT2D eigenvalue weighted by Gasteiger charge is 2.26. The largest absolute Gasteiger partial charge is 0.354 e. The van der Waals surface area contributed by atoms with Gasteiger partial charge in [-0.2, -0.15) is 0 Å². The van der Waals surface area contributed by atoms with Crippen LogP contribution in [0.15, 0.2) is 6.07 Å². The van der Waals surface area contributed by atoms with Crippen molar-refractivity contribution >= 4 is 25.0 Å². The number of rotatable bonds is 8. The van der Waals surface area contributed by atoms with Crippen LogP contribution in [-0.4, -0.2) is 67.0 Å². The van der Waals surface area contributed by atoms with E-state index in [0.717, 1.165) is 32.0 Å².